The van der Waals surface area contributed by atoms with E-state index in [1.807, 2.05) is 13.8 Å². The number of nitrogens with one attached hydrogen (secondary N) is 1. The van der Waals surface area contributed by atoms with Crippen LogP contribution in [-0.2, 0) is 9.59 Å². The summed E-state index contributed by atoms with van der Waals surface area (Å²) < 4.78 is 0. The molecule has 0 fully saturated rings. The van der Waals surface area contributed by atoms with E-state index in [-0.39, 0.29) is 12.5 Å². The van der Waals surface area contributed by atoms with Crippen molar-refractivity contribution in [1.82, 2.24) is 5.32 Å². The van der Waals surface area contributed by atoms with Gasteiger partial charge in [0.1, 0.15) is 0 Å². The van der Waals surface area contributed by atoms with Crippen molar-refractivity contribution in [2.45, 2.75) is 39.2 Å². The van der Waals surface area contributed by atoms with Crippen molar-refractivity contribution in [3.05, 3.63) is 0 Å². The van der Waals surface area contributed by atoms with Crippen molar-refractivity contribution in [3.8, 4) is 0 Å². The molecule has 2 atom stereocenters. The third-order valence-electron chi connectivity index (χ3n) is 2.29. The molecule has 0 aromatic heterocycles. The number of carbonyl (C=O) groups excluding carboxylic acids is 1. The molecule has 15 heavy (non-hydrogen) atoms. The molecule has 0 radical (unpaired) electrons. The van der Waals surface area contributed by atoms with Crippen LogP contribution in [-0.4, -0.2) is 29.6 Å². The Morgan fingerprint density at radius 2 is 2.00 bits per heavy atom. The first-order valence-electron chi connectivity index (χ1n) is 5.29. The molecule has 0 heterocycles. The van der Waals surface area contributed by atoms with E-state index in [1.165, 1.54) is 0 Å². The van der Waals surface area contributed by atoms with Gasteiger partial charge in [0.05, 0.1) is 12.0 Å². The van der Waals surface area contributed by atoms with Crippen LogP contribution in [0.1, 0.15) is 33.1 Å². The van der Waals surface area contributed by atoms with Crippen molar-refractivity contribution in [2.24, 2.45) is 11.7 Å². The minimum Gasteiger partial charge on any atom is -0.481 e. The standard InChI is InChI=1S/C10H20N2O3/c1-3-5-7(10(14)15)6-12-9(13)8(11)4-2/h7-8H,3-6,11H2,1-2H3,(H,12,13)(H,14,15)/t7?,8-/m1/s1. The van der Waals surface area contributed by atoms with Crippen LogP contribution >= 0.6 is 0 Å². The van der Waals surface area contributed by atoms with E-state index in [2.05, 4.69) is 5.32 Å². The Balaban J connectivity index is 3.99. The summed E-state index contributed by atoms with van der Waals surface area (Å²) in [6.45, 7) is 3.89. The smallest absolute Gasteiger partial charge is 0.308 e. The average molecular weight is 216 g/mol. The molecule has 0 aromatic rings. The highest BCUT2D eigenvalue weighted by Gasteiger charge is 2.18. The fraction of sp³-hybridized carbons (Fsp3) is 0.800. The van der Waals surface area contributed by atoms with Crippen LogP contribution in [0, 0.1) is 5.92 Å². The minimum absolute atomic E-state index is 0.162. The maximum Gasteiger partial charge on any atom is 0.308 e. The number of amides is 1. The number of aliphatic carboxylic acids is 1. The van der Waals surface area contributed by atoms with Gasteiger partial charge in [-0.2, -0.15) is 0 Å². The lowest BCUT2D eigenvalue weighted by Crippen LogP contribution is -2.43. The summed E-state index contributed by atoms with van der Waals surface area (Å²) >= 11 is 0. The minimum atomic E-state index is -0.873. The number of carboxylic acid groups (broad SMARTS) is 1. The monoisotopic (exact) mass is 216 g/mol. The van der Waals surface area contributed by atoms with Crippen LogP contribution in [0.25, 0.3) is 0 Å². The molecule has 0 saturated heterocycles. The second-order valence-electron chi connectivity index (χ2n) is 3.58. The Kier molecular flexibility index (Phi) is 6.70. The Morgan fingerprint density at radius 3 is 2.40 bits per heavy atom. The zero-order chi connectivity index (χ0) is 11.8. The highest BCUT2D eigenvalue weighted by Crippen LogP contribution is 2.05. The molecular weight excluding hydrogens is 196 g/mol. The highest BCUT2D eigenvalue weighted by atomic mass is 16.4. The van der Waals surface area contributed by atoms with E-state index in [0.29, 0.717) is 12.8 Å². The molecule has 0 aliphatic heterocycles. The van der Waals surface area contributed by atoms with E-state index in [9.17, 15) is 9.59 Å². The second-order valence-corrected chi connectivity index (χ2v) is 3.58. The first kappa shape index (κ1) is 13.9. The van der Waals surface area contributed by atoms with Gasteiger partial charge in [-0.3, -0.25) is 9.59 Å². The summed E-state index contributed by atoms with van der Waals surface area (Å²) in [6.07, 6.45) is 1.90. The maximum atomic E-state index is 11.3. The summed E-state index contributed by atoms with van der Waals surface area (Å²) in [7, 11) is 0. The molecule has 1 amide bonds. The molecule has 88 valence electrons. The van der Waals surface area contributed by atoms with Gasteiger partial charge in [-0.15, -0.1) is 0 Å². The number of carboxylic acids is 1. The van der Waals surface area contributed by atoms with Crippen molar-refractivity contribution in [3.63, 3.8) is 0 Å². The Bertz CT molecular complexity index is 219. The second kappa shape index (κ2) is 7.23. The zero-order valence-corrected chi connectivity index (χ0v) is 9.32. The van der Waals surface area contributed by atoms with E-state index in [0.717, 1.165) is 6.42 Å². The molecule has 5 nitrogen and oxygen atoms in total. The van der Waals surface area contributed by atoms with E-state index >= 15 is 0 Å². The lowest BCUT2D eigenvalue weighted by Gasteiger charge is -2.14. The van der Waals surface area contributed by atoms with Crippen molar-refractivity contribution in [1.29, 1.82) is 0 Å². The van der Waals surface area contributed by atoms with Gasteiger partial charge in [0.2, 0.25) is 5.91 Å². The number of rotatable bonds is 7. The predicted octanol–water partition coefficient (Wildman–Crippen LogP) is 0.341. The van der Waals surface area contributed by atoms with E-state index in [4.69, 9.17) is 10.8 Å². The Labute approximate surface area is 90.0 Å². The fourth-order valence-electron chi connectivity index (χ4n) is 1.20. The lowest BCUT2D eigenvalue weighted by molar-refractivity contribution is -0.142. The van der Waals surface area contributed by atoms with Gasteiger partial charge in [0.15, 0.2) is 0 Å². The number of hydrogen-bond donors (Lipinski definition) is 3. The number of hydrogen-bond acceptors (Lipinski definition) is 3. The maximum absolute atomic E-state index is 11.3. The quantitative estimate of drug-likeness (QED) is 0.572. The Morgan fingerprint density at radius 1 is 1.40 bits per heavy atom. The van der Waals surface area contributed by atoms with Gasteiger partial charge in [-0.05, 0) is 12.8 Å². The normalized spacial score (nSPS) is 14.3. The molecule has 0 aliphatic carbocycles. The lowest BCUT2D eigenvalue weighted by atomic mass is 10.0. The molecular formula is C10H20N2O3. The van der Waals surface area contributed by atoms with Crippen LogP contribution in [0.3, 0.4) is 0 Å². The van der Waals surface area contributed by atoms with Crippen molar-refractivity contribution < 1.29 is 14.7 Å². The van der Waals surface area contributed by atoms with Gasteiger partial charge < -0.3 is 16.2 Å². The third kappa shape index (κ3) is 5.37. The summed E-state index contributed by atoms with van der Waals surface area (Å²) in [6, 6.07) is -0.541. The first-order valence-corrected chi connectivity index (χ1v) is 5.29. The third-order valence-corrected chi connectivity index (χ3v) is 2.29. The number of carbonyl (C=O) groups is 2. The van der Waals surface area contributed by atoms with Crippen LogP contribution in [0.4, 0.5) is 0 Å². The highest BCUT2D eigenvalue weighted by molar-refractivity contribution is 5.82. The molecule has 0 saturated carbocycles. The van der Waals surface area contributed by atoms with Crippen LogP contribution in [0.15, 0.2) is 0 Å². The fourth-order valence-corrected chi connectivity index (χ4v) is 1.20. The largest absolute Gasteiger partial charge is 0.481 e. The molecule has 1 unspecified atom stereocenters. The first-order chi connectivity index (χ1) is 7.02. The summed E-state index contributed by atoms with van der Waals surface area (Å²) in [5.41, 5.74) is 5.49. The molecule has 0 bridgehead atoms. The van der Waals surface area contributed by atoms with Gasteiger partial charge >= 0.3 is 5.97 Å². The van der Waals surface area contributed by atoms with Gasteiger partial charge in [-0.25, -0.2) is 0 Å². The van der Waals surface area contributed by atoms with Crippen LogP contribution < -0.4 is 11.1 Å². The average Bonchev–Trinajstić information content (AvgIpc) is 2.21. The molecule has 0 aliphatic rings. The van der Waals surface area contributed by atoms with Gasteiger partial charge in [0, 0.05) is 6.54 Å². The molecule has 0 aromatic carbocycles. The molecule has 4 N–H and O–H groups in total. The van der Waals surface area contributed by atoms with Crippen molar-refractivity contribution in [2.75, 3.05) is 6.54 Å². The van der Waals surface area contributed by atoms with E-state index in [1.54, 1.807) is 0 Å². The molecule has 5 heteroatoms. The number of nitrogens with two attached hydrogens (primary N) is 1. The van der Waals surface area contributed by atoms with E-state index < -0.39 is 17.9 Å². The molecule has 0 rings (SSSR count). The topological polar surface area (TPSA) is 92.4 Å². The van der Waals surface area contributed by atoms with Gasteiger partial charge in [-0.1, -0.05) is 20.3 Å². The van der Waals surface area contributed by atoms with Crippen molar-refractivity contribution >= 4 is 11.9 Å². The van der Waals surface area contributed by atoms with Crippen LogP contribution in [0.2, 0.25) is 0 Å². The Hall–Kier alpha value is -1.10. The summed E-state index contributed by atoms with van der Waals surface area (Å²) in [4.78, 5) is 22.0. The summed E-state index contributed by atoms with van der Waals surface area (Å²) in [5, 5.41) is 11.4. The SMILES string of the molecule is CCCC(CNC(=O)[C@H](N)CC)C(=O)O. The summed E-state index contributed by atoms with van der Waals surface area (Å²) in [5.74, 6) is -1.66. The predicted molar refractivity (Wildman–Crippen MR) is 57.3 cm³/mol. The molecule has 0 spiro atoms. The van der Waals surface area contributed by atoms with Gasteiger partial charge in [0.25, 0.3) is 0 Å². The van der Waals surface area contributed by atoms with Crippen LogP contribution in [0.5, 0.6) is 0 Å². The zero-order valence-electron chi connectivity index (χ0n) is 9.32.